The maximum absolute atomic E-state index is 2.76. The molecule has 3 fully saturated rings. The molecule has 0 bridgehead atoms. The Balaban J connectivity index is 1.36. The lowest BCUT2D eigenvalue weighted by molar-refractivity contribution is 0.0221. The molecule has 0 aromatic rings. The van der Waals surface area contributed by atoms with Crippen LogP contribution in [0, 0.1) is 17.8 Å². The molecular formula is C17H32N2. The van der Waals surface area contributed by atoms with Crippen molar-refractivity contribution in [3.8, 4) is 0 Å². The van der Waals surface area contributed by atoms with Crippen molar-refractivity contribution in [2.75, 3.05) is 32.7 Å². The van der Waals surface area contributed by atoms with Gasteiger partial charge in [0.15, 0.2) is 0 Å². The normalized spacial score (nSPS) is 36.3. The predicted molar refractivity (Wildman–Crippen MR) is 81.3 cm³/mol. The van der Waals surface area contributed by atoms with E-state index in [1.807, 2.05) is 0 Å². The van der Waals surface area contributed by atoms with Crippen LogP contribution in [-0.2, 0) is 0 Å². The third kappa shape index (κ3) is 3.52. The predicted octanol–water partition coefficient (Wildman–Crippen LogP) is 3.23. The summed E-state index contributed by atoms with van der Waals surface area (Å²) in [5, 5.41) is 0. The minimum absolute atomic E-state index is 0.916. The maximum Gasteiger partial charge on any atom is 0.0120 e. The van der Waals surface area contributed by atoms with Crippen LogP contribution in [0.15, 0.2) is 0 Å². The van der Waals surface area contributed by atoms with Crippen LogP contribution in [0.2, 0.25) is 0 Å². The van der Waals surface area contributed by atoms with Gasteiger partial charge >= 0.3 is 0 Å². The highest BCUT2D eigenvalue weighted by Crippen LogP contribution is 2.30. The smallest absolute Gasteiger partial charge is 0.0120 e. The first-order chi connectivity index (χ1) is 9.20. The highest BCUT2D eigenvalue weighted by atomic mass is 15.2. The highest BCUT2D eigenvalue weighted by molar-refractivity contribution is 4.87. The summed E-state index contributed by atoms with van der Waals surface area (Å²) in [6.07, 6.45) is 8.79. The van der Waals surface area contributed by atoms with Crippen LogP contribution in [0.4, 0.5) is 0 Å². The van der Waals surface area contributed by atoms with Crippen molar-refractivity contribution in [2.24, 2.45) is 17.8 Å². The third-order valence-electron chi connectivity index (χ3n) is 5.82. The van der Waals surface area contributed by atoms with Crippen molar-refractivity contribution >= 4 is 0 Å². The van der Waals surface area contributed by atoms with Crippen molar-refractivity contribution < 1.29 is 0 Å². The Morgan fingerprint density at radius 1 is 0.789 bits per heavy atom. The molecule has 2 heterocycles. The fourth-order valence-electron chi connectivity index (χ4n) is 4.39. The molecule has 0 aromatic heterocycles. The van der Waals surface area contributed by atoms with Gasteiger partial charge in [-0.2, -0.15) is 0 Å². The first-order valence-electron chi connectivity index (χ1n) is 8.67. The van der Waals surface area contributed by atoms with Crippen LogP contribution in [0.5, 0.6) is 0 Å². The van der Waals surface area contributed by atoms with E-state index >= 15 is 0 Å². The number of nitrogens with zero attached hydrogens (tertiary/aromatic N) is 2. The fraction of sp³-hybridized carbons (Fsp3) is 1.00. The quantitative estimate of drug-likeness (QED) is 0.772. The van der Waals surface area contributed by atoms with E-state index in [0.29, 0.717) is 0 Å². The molecule has 0 atom stereocenters. The largest absolute Gasteiger partial charge is 0.303 e. The second-order valence-corrected chi connectivity index (χ2v) is 7.72. The van der Waals surface area contributed by atoms with Gasteiger partial charge in [0.05, 0.1) is 0 Å². The summed E-state index contributed by atoms with van der Waals surface area (Å²) in [5.74, 6) is 2.97. The minimum Gasteiger partial charge on any atom is -0.303 e. The summed E-state index contributed by atoms with van der Waals surface area (Å²) in [7, 11) is 0. The average Bonchev–Trinajstić information content (AvgIpc) is 2.39. The molecule has 0 amide bonds. The lowest BCUT2D eigenvalue weighted by atomic mass is 9.82. The monoisotopic (exact) mass is 264 g/mol. The van der Waals surface area contributed by atoms with E-state index in [-0.39, 0.29) is 0 Å². The van der Waals surface area contributed by atoms with Gasteiger partial charge in [0, 0.05) is 25.7 Å². The van der Waals surface area contributed by atoms with E-state index in [1.165, 1.54) is 71.2 Å². The summed E-state index contributed by atoms with van der Waals surface area (Å²) < 4.78 is 0. The molecule has 2 heteroatoms. The third-order valence-corrected chi connectivity index (χ3v) is 5.82. The number of hydrogen-bond acceptors (Lipinski definition) is 2. The summed E-state index contributed by atoms with van der Waals surface area (Å²) in [6, 6.07) is 0.916. The summed E-state index contributed by atoms with van der Waals surface area (Å²) in [6.45, 7) is 11.7. The SMILES string of the molecule is CC1CCC(CN2CCC(N3CC(C)C3)CC2)CC1. The van der Waals surface area contributed by atoms with Crippen LogP contribution in [0.1, 0.15) is 52.4 Å². The second-order valence-electron chi connectivity index (χ2n) is 7.72. The number of piperidine rings is 1. The molecule has 2 nitrogen and oxygen atoms in total. The highest BCUT2D eigenvalue weighted by Gasteiger charge is 2.32. The zero-order chi connectivity index (χ0) is 13.2. The van der Waals surface area contributed by atoms with E-state index in [4.69, 9.17) is 0 Å². The van der Waals surface area contributed by atoms with E-state index in [1.54, 1.807) is 0 Å². The lowest BCUT2D eigenvalue weighted by Crippen LogP contribution is -2.54. The zero-order valence-corrected chi connectivity index (χ0v) is 13.0. The van der Waals surface area contributed by atoms with Crippen molar-refractivity contribution in [1.29, 1.82) is 0 Å². The first kappa shape index (κ1) is 13.9. The Kier molecular flexibility index (Phi) is 4.48. The van der Waals surface area contributed by atoms with Gasteiger partial charge in [0.25, 0.3) is 0 Å². The molecule has 3 aliphatic rings. The summed E-state index contributed by atoms with van der Waals surface area (Å²) >= 11 is 0. The second kappa shape index (κ2) is 6.13. The number of hydrogen-bond donors (Lipinski definition) is 0. The summed E-state index contributed by atoms with van der Waals surface area (Å²) in [4.78, 5) is 5.49. The number of likely N-dealkylation sites (tertiary alicyclic amines) is 2. The molecule has 19 heavy (non-hydrogen) atoms. The van der Waals surface area contributed by atoms with Gasteiger partial charge in [-0.15, -0.1) is 0 Å². The van der Waals surface area contributed by atoms with Gasteiger partial charge in [-0.1, -0.05) is 26.7 Å². The van der Waals surface area contributed by atoms with Gasteiger partial charge < -0.3 is 4.90 Å². The Morgan fingerprint density at radius 2 is 1.42 bits per heavy atom. The molecule has 0 radical (unpaired) electrons. The van der Waals surface area contributed by atoms with Crippen molar-refractivity contribution in [3.05, 3.63) is 0 Å². The molecule has 0 aromatic carbocycles. The Hall–Kier alpha value is -0.0800. The van der Waals surface area contributed by atoms with E-state index in [0.717, 1.165) is 23.8 Å². The molecule has 2 saturated heterocycles. The van der Waals surface area contributed by atoms with E-state index in [2.05, 4.69) is 23.6 Å². The van der Waals surface area contributed by atoms with Crippen LogP contribution < -0.4 is 0 Å². The van der Waals surface area contributed by atoms with Gasteiger partial charge in [-0.25, -0.2) is 0 Å². The van der Waals surface area contributed by atoms with Crippen LogP contribution in [0.3, 0.4) is 0 Å². The lowest BCUT2D eigenvalue weighted by Gasteiger charge is -2.46. The van der Waals surface area contributed by atoms with Crippen molar-refractivity contribution in [3.63, 3.8) is 0 Å². The average molecular weight is 264 g/mol. The Morgan fingerprint density at radius 3 is 2.00 bits per heavy atom. The van der Waals surface area contributed by atoms with Crippen LogP contribution >= 0.6 is 0 Å². The molecule has 0 unspecified atom stereocenters. The van der Waals surface area contributed by atoms with Crippen molar-refractivity contribution in [1.82, 2.24) is 9.80 Å². The van der Waals surface area contributed by atoms with Crippen molar-refractivity contribution in [2.45, 2.75) is 58.4 Å². The molecule has 0 spiro atoms. The standard InChI is InChI=1S/C17H32N2/c1-14-3-5-16(6-4-14)13-18-9-7-17(8-10-18)19-11-15(2)12-19/h14-17H,3-13H2,1-2H3. The molecule has 110 valence electrons. The topological polar surface area (TPSA) is 6.48 Å². The molecule has 1 saturated carbocycles. The minimum atomic E-state index is 0.916. The molecule has 2 aliphatic heterocycles. The van der Waals surface area contributed by atoms with Crippen LogP contribution in [-0.4, -0.2) is 48.6 Å². The summed E-state index contributed by atoms with van der Waals surface area (Å²) in [5.41, 5.74) is 0. The molecular weight excluding hydrogens is 232 g/mol. The van der Waals surface area contributed by atoms with Crippen LogP contribution in [0.25, 0.3) is 0 Å². The molecule has 0 N–H and O–H groups in total. The first-order valence-corrected chi connectivity index (χ1v) is 8.67. The van der Waals surface area contributed by atoms with Gasteiger partial charge in [0.2, 0.25) is 0 Å². The van der Waals surface area contributed by atoms with Gasteiger partial charge in [0.1, 0.15) is 0 Å². The Labute approximate surface area is 119 Å². The zero-order valence-electron chi connectivity index (χ0n) is 13.0. The number of rotatable bonds is 3. The van der Waals surface area contributed by atoms with Gasteiger partial charge in [-0.05, 0) is 56.5 Å². The Bertz CT molecular complexity index is 269. The molecule has 3 rings (SSSR count). The maximum atomic E-state index is 2.76. The molecule has 1 aliphatic carbocycles. The fourth-order valence-corrected chi connectivity index (χ4v) is 4.39. The van der Waals surface area contributed by atoms with E-state index in [9.17, 15) is 0 Å². The van der Waals surface area contributed by atoms with Gasteiger partial charge in [-0.3, -0.25) is 4.90 Å². The van der Waals surface area contributed by atoms with E-state index < -0.39 is 0 Å².